The molecule has 0 aliphatic heterocycles. The standard InChI is InChI=1S/C22H21F3N2O3/c1-14(21-8-7-19(11-26-21)29-13-22(23,24)25)9-18(28)10-16-3-5-17(6-4-16)20-12-30-27-15(20)2/h3-8,11-12,14H,9-10,13H2,1-2H3/t14-/m0/s1. The first kappa shape index (κ1) is 21.5. The van der Waals surface area contributed by atoms with E-state index in [2.05, 4.69) is 14.9 Å². The van der Waals surface area contributed by atoms with Crippen LogP contribution >= 0.6 is 0 Å². The van der Waals surface area contributed by atoms with Crippen molar-refractivity contribution < 1.29 is 27.2 Å². The predicted molar refractivity (Wildman–Crippen MR) is 104 cm³/mol. The van der Waals surface area contributed by atoms with Crippen molar-refractivity contribution in [2.24, 2.45) is 0 Å². The number of aromatic nitrogens is 2. The van der Waals surface area contributed by atoms with Crippen molar-refractivity contribution in [1.82, 2.24) is 10.1 Å². The van der Waals surface area contributed by atoms with Crippen LogP contribution < -0.4 is 4.74 Å². The topological polar surface area (TPSA) is 65.2 Å². The van der Waals surface area contributed by atoms with Crippen LogP contribution in [0.2, 0.25) is 0 Å². The van der Waals surface area contributed by atoms with E-state index in [0.717, 1.165) is 22.4 Å². The van der Waals surface area contributed by atoms with Gasteiger partial charge in [-0.3, -0.25) is 9.78 Å². The zero-order valence-electron chi connectivity index (χ0n) is 16.6. The molecule has 30 heavy (non-hydrogen) atoms. The number of ketones is 1. The third-order valence-electron chi connectivity index (χ3n) is 4.62. The Morgan fingerprint density at radius 1 is 1.17 bits per heavy atom. The second-order valence-electron chi connectivity index (χ2n) is 7.15. The van der Waals surface area contributed by atoms with Crippen LogP contribution in [-0.4, -0.2) is 28.7 Å². The van der Waals surface area contributed by atoms with E-state index in [1.165, 1.54) is 12.3 Å². The molecular formula is C22H21F3N2O3. The maximum Gasteiger partial charge on any atom is 0.422 e. The molecule has 2 heterocycles. The van der Waals surface area contributed by atoms with Crippen LogP contribution in [0.15, 0.2) is 53.4 Å². The van der Waals surface area contributed by atoms with Gasteiger partial charge in [0.05, 0.1) is 11.9 Å². The lowest BCUT2D eigenvalue weighted by Crippen LogP contribution is -2.19. The lowest BCUT2D eigenvalue weighted by Gasteiger charge is -2.12. The van der Waals surface area contributed by atoms with Gasteiger partial charge in [0.15, 0.2) is 6.61 Å². The number of carbonyl (C=O) groups is 1. The van der Waals surface area contributed by atoms with Gasteiger partial charge >= 0.3 is 6.18 Å². The number of ether oxygens (including phenoxy) is 1. The maximum atomic E-state index is 12.4. The van der Waals surface area contributed by atoms with Gasteiger partial charge in [-0.2, -0.15) is 13.2 Å². The molecular weight excluding hydrogens is 397 g/mol. The predicted octanol–water partition coefficient (Wildman–Crippen LogP) is 5.29. The summed E-state index contributed by atoms with van der Waals surface area (Å²) in [5.74, 6) is -0.0681. The number of benzene rings is 1. The summed E-state index contributed by atoms with van der Waals surface area (Å²) in [5.41, 5.74) is 4.20. The second kappa shape index (κ2) is 9.11. The summed E-state index contributed by atoms with van der Waals surface area (Å²) in [6.07, 6.45) is -0.996. The van der Waals surface area contributed by atoms with E-state index in [9.17, 15) is 18.0 Å². The fraction of sp³-hybridized carbons (Fsp3) is 0.318. The molecule has 1 atom stereocenters. The monoisotopic (exact) mass is 418 g/mol. The molecule has 0 saturated heterocycles. The molecule has 0 bridgehead atoms. The molecule has 0 N–H and O–H groups in total. The number of hydrogen-bond donors (Lipinski definition) is 0. The van der Waals surface area contributed by atoms with E-state index in [1.54, 1.807) is 12.3 Å². The number of rotatable bonds is 8. The van der Waals surface area contributed by atoms with Crippen LogP contribution in [0.1, 0.15) is 36.2 Å². The Morgan fingerprint density at radius 2 is 1.90 bits per heavy atom. The van der Waals surface area contributed by atoms with Crippen molar-refractivity contribution in [3.8, 4) is 16.9 Å². The van der Waals surface area contributed by atoms with Gasteiger partial charge in [-0.25, -0.2) is 0 Å². The molecule has 0 aliphatic carbocycles. The highest BCUT2D eigenvalue weighted by Crippen LogP contribution is 2.24. The number of Topliss-reactive ketones (excluding diaryl/α,β-unsaturated/α-hetero) is 1. The summed E-state index contributed by atoms with van der Waals surface area (Å²) < 4.78 is 46.2. The quantitative estimate of drug-likeness (QED) is 0.497. The van der Waals surface area contributed by atoms with Crippen molar-refractivity contribution >= 4 is 5.78 Å². The van der Waals surface area contributed by atoms with Gasteiger partial charge in [-0.15, -0.1) is 0 Å². The normalized spacial score (nSPS) is 12.6. The number of hydrogen-bond acceptors (Lipinski definition) is 5. The largest absolute Gasteiger partial charge is 0.483 e. The lowest BCUT2D eigenvalue weighted by molar-refractivity contribution is -0.153. The number of alkyl halides is 3. The van der Waals surface area contributed by atoms with Crippen LogP contribution in [0.25, 0.3) is 11.1 Å². The third-order valence-corrected chi connectivity index (χ3v) is 4.62. The summed E-state index contributed by atoms with van der Waals surface area (Å²) >= 11 is 0. The Bertz CT molecular complexity index is 980. The minimum absolute atomic E-state index is 0.0396. The SMILES string of the molecule is Cc1nocc1-c1ccc(CC(=O)C[C@H](C)c2ccc(OCC(F)(F)F)cn2)cc1. The molecule has 0 saturated carbocycles. The molecule has 0 amide bonds. The summed E-state index contributed by atoms with van der Waals surface area (Å²) in [6, 6.07) is 10.7. The number of pyridine rings is 1. The first-order chi connectivity index (χ1) is 14.2. The highest BCUT2D eigenvalue weighted by atomic mass is 19.4. The van der Waals surface area contributed by atoms with Crippen LogP contribution in [0, 0.1) is 6.92 Å². The van der Waals surface area contributed by atoms with Crippen LogP contribution in [-0.2, 0) is 11.2 Å². The first-order valence-electron chi connectivity index (χ1n) is 9.39. The molecule has 0 fully saturated rings. The van der Waals surface area contributed by atoms with E-state index in [1.807, 2.05) is 38.1 Å². The van der Waals surface area contributed by atoms with Gasteiger partial charge in [-0.05, 0) is 30.2 Å². The Kier molecular flexibility index (Phi) is 6.54. The average Bonchev–Trinajstić information content (AvgIpc) is 3.12. The highest BCUT2D eigenvalue weighted by molar-refractivity contribution is 5.81. The molecule has 158 valence electrons. The molecule has 0 unspecified atom stereocenters. The van der Waals surface area contributed by atoms with E-state index < -0.39 is 12.8 Å². The number of carbonyl (C=O) groups excluding carboxylic acids is 1. The molecule has 8 heteroatoms. The maximum absolute atomic E-state index is 12.4. The Hall–Kier alpha value is -3.16. The Labute approximate surface area is 171 Å². The lowest BCUT2D eigenvalue weighted by atomic mass is 9.96. The van der Waals surface area contributed by atoms with E-state index in [0.29, 0.717) is 12.1 Å². The zero-order chi connectivity index (χ0) is 21.7. The zero-order valence-corrected chi connectivity index (χ0v) is 16.6. The van der Waals surface area contributed by atoms with Crippen molar-refractivity contribution in [3.63, 3.8) is 0 Å². The Morgan fingerprint density at radius 3 is 2.47 bits per heavy atom. The summed E-state index contributed by atoms with van der Waals surface area (Å²) in [6.45, 7) is 2.35. The van der Waals surface area contributed by atoms with Gasteiger partial charge in [0.25, 0.3) is 0 Å². The van der Waals surface area contributed by atoms with Crippen molar-refractivity contribution in [2.45, 2.75) is 38.8 Å². The average molecular weight is 418 g/mol. The molecule has 2 aromatic heterocycles. The minimum atomic E-state index is -4.40. The fourth-order valence-corrected chi connectivity index (χ4v) is 3.05. The van der Waals surface area contributed by atoms with Gasteiger partial charge in [0, 0.05) is 30.0 Å². The number of aryl methyl sites for hydroxylation is 1. The van der Waals surface area contributed by atoms with Crippen LogP contribution in [0.4, 0.5) is 13.2 Å². The van der Waals surface area contributed by atoms with E-state index in [-0.39, 0.29) is 23.9 Å². The van der Waals surface area contributed by atoms with Crippen LogP contribution in [0.3, 0.4) is 0 Å². The summed E-state index contributed by atoms with van der Waals surface area (Å²) in [5, 5.41) is 3.86. The molecule has 3 rings (SSSR count). The van der Waals surface area contributed by atoms with Crippen molar-refractivity contribution in [1.29, 1.82) is 0 Å². The molecule has 1 aromatic carbocycles. The number of halogens is 3. The minimum Gasteiger partial charge on any atom is -0.483 e. The molecule has 0 aliphatic rings. The van der Waals surface area contributed by atoms with Gasteiger partial charge < -0.3 is 9.26 Å². The highest BCUT2D eigenvalue weighted by Gasteiger charge is 2.28. The molecule has 5 nitrogen and oxygen atoms in total. The van der Waals surface area contributed by atoms with Gasteiger partial charge in [0.1, 0.15) is 17.8 Å². The number of nitrogens with zero attached hydrogens (tertiary/aromatic N) is 2. The van der Waals surface area contributed by atoms with E-state index >= 15 is 0 Å². The molecule has 0 spiro atoms. The molecule has 0 radical (unpaired) electrons. The fourth-order valence-electron chi connectivity index (χ4n) is 3.05. The smallest absolute Gasteiger partial charge is 0.422 e. The van der Waals surface area contributed by atoms with E-state index in [4.69, 9.17) is 4.52 Å². The van der Waals surface area contributed by atoms with Crippen LogP contribution in [0.5, 0.6) is 5.75 Å². The summed E-state index contributed by atoms with van der Waals surface area (Å²) in [4.78, 5) is 16.6. The second-order valence-corrected chi connectivity index (χ2v) is 7.15. The van der Waals surface area contributed by atoms with Gasteiger partial charge in [-0.1, -0.05) is 36.3 Å². The van der Waals surface area contributed by atoms with Crippen molar-refractivity contribution in [3.05, 3.63) is 65.8 Å². The Balaban J connectivity index is 1.53. The third kappa shape index (κ3) is 5.92. The van der Waals surface area contributed by atoms with Crippen molar-refractivity contribution in [2.75, 3.05) is 6.61 Å². The first-order valence-corrected chi connectivity index (χ1v) is 9.39. The molecule has 3 aromatic rings. The van der Waals surface area contributed by atoms with Gasteiger partial charge in [0.2, 0.25) is 0 Å². The summed E-state index contributed by atoms with van der Waals surface area (Å²) in [7, 11) is 0.